The highest BCUT2D eigenvalue weighted by Gasteiger charge is 2.26. The molecule has 142 valence electrons. The number of nitrogens with zero attached hydrogens (tertiary/aromatic N) is 1. The lowest BCUT2D eigenvalue weighted by Gasteiger charge is -2.16. The highest BCUT2D eigenvalue weighted by molar-refractivity contribution is 7.89. The van der Waals surface area contributed by atoms with Crippen molar-refractivity contribution in [1.82, 2.24) is 4.31 Å². The normalized spacial score (nSPS) is 16.3. The summed E-state index contributed by atoms with van der Waals surface area (Å²) in [6.07, 6.45) is 1.83. The second kappa shape index (κ2) is 7.34. The molecule has 0 aliphatic carbocycles. The van der Waals surface area contributed by atoms with Gasteiger partial charge in [0.1, 0.15) is 0 Å². The van der Waals surface area contributed by atoms with Crippen molar-refractivity contribution in [2.45, 2.75) is 17.7 Å². The standard InChI is InChI=1S/C18H19N3O4S2/c22-27(23,21-9-1-2-10-21)15-6-3-13(4-7-15)19-18(26)20-14-5-8-16-17(11-14)25-12-24-16/h3-8,11H,1-2,9-10,12H2,(H2,19,20,26). The lowest BCUT2D eigenvalue weighted by atomic mass is 10.3. The van der Waals surface area contributed by atoms with Gasteiger partial charge in [-0.3, -0.25) is 0 Å². The third-order valence-corrected chi connectivity index (χ3v) is 6.56. The van der Waals surface area contributed by atoms with Crippen LogP contribution in [-0.2, 0) is 10.0 Å². The van der Waals surface area contributed by atoms with Crippen LogP contribution in [-0.4, -0.2) is 37.7 Å². The fourth-order valence-electron chi connectivity index (χ4n) is 3.06. The number of hydrogen-bond donors (Lipinski definition) is 2. The minimum atomic E-state index is -3.41. The van der Waals surface area contributed by atoms with Crippen LogP contribution in [0.1, 0.15) is 12.8 Å². The number of anilines is 2. The van der Waals surface area contributed by atoms with Gasteiger partial charge in [-0.05, 0) is 61.5 Å². The zero-order valence-electron chi connectivity index (χ0n) is 14.5. The van der Waals surface area contributed by atoms with Gasteiger partial charge in [-0.1, -0.05) is 0 Å². The molecule has 0 unspecified atom stereocenters. The highest BCUT2D eigenvalue weighted by Crippen LogP contribution is 2.34. The molecule has 0 saturated carbocycles. The quantitative estimate of drug-likeness (QED) is 0.757. The smallest absolute Gasteiger partial charge is 0.243 e. The lowest BCUT2D eigenvalue weighted by Crippen LogP contribution is -2.27. The molecule has 9 heteroatoms. The Morgan fingerprint density at radius 3 is 2.30 bits per heavy atom. The Morgan fingerprint density at radius 1 is 0.926 bits per heavy atom. The molecule has 7 nitrogen and oxygen atoms in total. The summed E-state index contributed by atoms with van der Waals surface area (Å²) in [5, 5.41) is 6.51. The van der Waals surface area contributed by atoms with E-state index >= 15 is 0 Å². The predicted octanol–water partition coefficient (Wildman–Crippen LogP) is 3.01. The lowest BCUT2D eigenvalue weighted by molar-refractivity contribution is 0.174. The van der Waals surface area contributed by atoms with E-state index in [0.29, 0.717) is 40.3 Å². The van der Waals surface area contributed by atoms with Gasteiger partial charge in [0.25, 0.3) is 0 Å². The van der Waals surface area contributed by atoms with Crippen molar-refractivity contribution < 1.29 is 17.9 Å². The molecule has 0 atom stereocenters. The van der Waals surface area contributed by atoms with Crippen LogP contribution >= 0.6 is 12.2 Å². The van der Waals surface area contributed by atoms with Gasteiger partial charge < -0.3 is 20.1 Å². The van der Waals surface area contributed by atoms with Gasteiger partial charge in [-0.25, -0.2) is 8.42 Å². The van der Waals surface area contributed by atoms with Gasteiger partial charge in [-0.15, -0.1) is 0 Å². The number of fused-ring (bicyclic) bond motifs is 1. The van der Waals surface area contributed by atoms with Crippen molar-refractivity contribution in [2.24, 2.45) is 0 Å². The van der Waals surface area contributed by atoms with E-state index in [-0.39, 0.29) is 6.79 Å². The van der Waals surface area contributed by atoms with Gasteiger partial charge in [-0.2, -0.15) is 4.31 Å². The van der Waals surface area contributed by atoms with Crippen LogP contribution in [0, 0.1) is 0 Å². The van der Waals surface area contributed by atoms with Crippen LogP contribution in [0.15, 0.2) is 47.4 Å². The molecule has 4 rings (SSSR count). The molecule has 0 bridgehead atoms. The molecule has 2 aromatic rings. The second-order valence-electron chi connectivity index (χ2n) is 6.28. The minimum Gasteiger partial charge on any atom is -0.454 e. The Labute approximate surface area is 163 Å². The van der Waals surface area contributed by atoms with E-state index in [1.165, 1.54) is 4.31 Å². The van der Waals surface area contributed by atoms with E-state index in [2.05, 4.69) is 10.6 Å². The Morgan fingerprint density at radius 2 is 1.56 bits per heavy atom. The summed E-state index contributed by atoms with van der Waals surface area (Å²) in [6, 6.07) is 12.1. The highest BCUT2D eigenvalue weighted by atomic mass is 32.2. The van der Waals surface area contributed by atoms with Crippen molar-refractivity contribution in [2.75, 3.05) is 30.5 Å². The molecule has 0 aromatic heterocycles. The van der Waals surface area contributed by atoms with Gasteiger partial charge in [0.2, 0.25) is 16.8 Å². The largest absolute Gasteiger partial charge is 0.454 e. The molecule has 27 heavy (non-hydrogen) atoms. The summed E-state index contributed by atoms with van der Waals surface area (Å²) in [4.78, 5) is 0.296. The number of nitrogens with one attached hydrogen (secondary N) is 2. The maximum absolute atomic E-state index is 12.5. The van der Waals surface area contributed by atoms with Crippen molar-refractivity contribution in [3.8, 4) is 11.5 Å². The van der Waals surface area contributed by atoms with Gasteiger partial charge >= 0.3 is 0 Å². The first-order valence-electron chi connectivity index (χ1n) is 8.60. The molecule has 0 radical (unpaired) electrons. The molecule has 2 N–H and O–H groups in total. The van der Waals surface area contributed by atoms with E-state index in [1.54, 1.807) is 24.3 Å². The number of rotatable bonds is 4. The molecule has 2 aromatic carbocycles. The third kappa shape index (κ3) is 3.85. The molecule has 0 amide bonds. The number of benzene rings is 2. The summed E-state index contributed by atoms with van der Waals surface area (Å²) in [6.45, 7) is 1.39. The first kappa shape index (κ1) is 18.0. The Bertz CT molecular complexity index is 955. The summed E-state index contributed by atoms with van der Waals surface area (Å²) in [7, 11) is -3.41. The summed E-state index contributed by atoms with van der Waals surface area (Å²) in [5.74, 6) is 1.37. The van der Waals surface area contributed by atoms with Crippen LogP contribution in [0.3, 0.4) is 0 Å². The summed E-state index contributed by atoms with van der Waals surface area (Å²) >= 11 is 5.32. The molecule has 2 aliphatic heterocycles. The number of sulfonamides is 1. The zero-order chi connectivity index (χ0) is 18.9. The second-order valence-corrected chi connectivity index (χ2v) is 8.63. The first-order chi connectivity index (χ1) is 13.0. The van der Waals surface area contributed by atoms with Gasteiger partial charge in [0.05, 0.1) is 4.90 Å². The molecule has 1 saturated heterocycles. The minimum absolute atomic E-state index is 0.216. The van der Waals surface area contributed by atoms with Crippen molar-refractivity contribution >= 4 is 38.7 Å². The van der Waals surface area contributed by atoms with Crippen LogP contribution in [0.4, 0.5) is 11.4 Å². The van der Waals surface area contributed by atoms with Crippen molar-refractivity contribution in [3.63, 3.8) is 0 Å². The predicted molar refractivity (Wildman–Crippen MR) is 107 cm³/mol. The molecular weight excluding hydrogens is 386 g/mol. The van der Waals surface area contributed by atoms with E-state index in [0.717, 1.165) is 18.5 Å². The number of ether oxygens (including phenoxy) is 2. The Balaban J connectivity index is 1.40. The fourth-order valence-corrected chi connectivity index (χ4v) is 4.81. The molecule has 2 aliphatic rings. The molecule has 0 spiro atoms. The maximum atomic E-state index is 12.5. The van der Waals surface area contributed by atoms with Crippen molar-refractivity contribution in [1.29, 1.82) is 0 Å². The summed E-state index contributed by atoms with van der Waals surface area (Å²) in [5.41, 5.74) is 1.47. The van der Waals surface area contributed by atoms with Crippen LogP contribution in [0.5, 0.6) is 11.5 Å². The average molecular weight is 406 g/mol. The number of thiocarbonyl (C=S) groups is 1. The van der Waals surface area contributed by atoms with E-state index in [9.17, 15) is 8.42 Å². The van der Waals surface area contributed by atoms with Gasteiger partial charge in [0, 0.05) is 30.5 Å². The first-order valence-corrected chi connectivity index (χ1v) is 10.4. The molecule has 1 fully saturated rings. The van der Waals surface area contributed by atoms with Crippen LogP contribution in [0.25, 0.3) is 0 Å². The average Bonchev–Trinajstić information content (AvgIpc) is 3.34. The summed E-state index contributed by atoms with van der Waals surface area (Å²) < 4.78 is 37.2. The number of hydrogen-bond acceptors (Lipinski definition) is 5. The molecular formula is C18H19N3O4S2. The molecule has 2 heterocycles. The SMILES string of the molecule is O=S(=O)(c1ccc(NC(=S)Nc2ccc3c(c2)OCO3)cc1)N1CCCC1. The van der Waals surface area contributed by atoms with E-state index in [1.807, 2.05) is 18.2 Å². The Hall–Kier alpha value is -2.36. The third-order valence-electron chi connectivity index (χ3n) is 4.45. The van der Waals surface area contributed by atoms with Crippen LogP contribution < -0.4 is 20.1 Å². The van der Waals surface area contributed by atoms with E-state index < -0.39 is 10.0 Å². The fraction of sp³-hybridized carbons (Fsp3) is 0.278. The van der Waals surface area contributed by atoms with Gasteiger partial charge in [0.15, 0.2) is 16.6 Å². The topological polar surface area (TPSA) is 79.9 Å². The monoisotopic (exact) mass is 405 g/mol. The van der Waals surface area contributed by atoms with E-state index in [4.69, 9.17) is 21.7 Å². The zero-order valence-corrected chi connectivity index (χ0v) is 16.1. The Kier molecular flexibility index (Phi) is 4.90. The van der Waals surface area contributed by atoms with Crippen LogP contribution in [0.2, 0.25) is 0 Å². The maximum Gasteiger partial charge on any atom is 0.243 e. The van der Waals surface area contributed by atoms with Crippen molar-refractivity contribution in [3.05, 3.63) is 42.5 Å².